The molecule has 141 heavy (non-hydrogen) atoms. The second kappa shape index (κ2) is 43.9. The lowest BCUT2D eigenvalue weighted by molar-refractivity contribution is 0.00578. The summed E-state index contributed by atoms with van der Waals surface area (Å²) in [7, 11) is -0.369. The number of nitrogens with two attached hydrogens (primary N) is 4. The summed E-state index contributed by atoms with van der Waals surface area (Å²) in [6.45, 7) is 45.1. The van der Waals surface area contributed by atoms with E-state index in [1.54, 1.807) is 55.1 Å². The summed E-state index contributed by atoms with van der Waals surface area (Å²) in [5.41, 5.74) is 31.1. The Morgan fingerprint density at radius 2 is 0.738 bits per heavy atom. The fourth-order valence-electron chi connectivity index (χ4n) is 15.6. The van der Waals surface area contributed by atoms with E-state index >= 15 is 0 Å². The molecule has 10 aromatic heterocycles. The normalized spacial score (nSPS) is 12.8. The summed E-state index contributed by atoms with van der Waals surface area (Å²) in [5, 5.41) is 35.1. The Balaban J connectivity index is 0.000000151. The van der Waals surface area contributed by atoms with Gasteiger partial charge in [0, 0.05) is 86.7 Å². The number of rotatable bonds is 19. The van der Waals surface area contributed by atoms with Crippen LogP contribution in [0.2, 0.25) is 5.02 Å². The highest BCUT2D eigenvalue weighted by Crippen LogP contribution is 2.39. The molecule has 18 aromatic rings. The van der Waals surface area contributed by atoms with Crippen LogP contribution in [-0.4, -0.2) is 86.8 Å². The first kappa shape index (κ1) is 99.9. The van der Waals surface area contributed by atoms with Gasteiger partial charge in [-0.2, -0.15) is 5.26 Å². The first-order valence-electron chi connectivity index (χ1n) is 43.2. The number of nitrogen functional groups attached to an aromatic ring is 4. The van der Waals surface area contributed by atoms with Crippen LogP contribution < -0.4 is 71.9 Å². The van der Waals surface area contributed by atoms with E-state index in [2.05, 4.69) is 96.9 Å². The zero-order chi connectivity index (χ0) is 98.3. The van der Waals surface area contributed by atoms with Crippen LogP contribution in [0.25, 0.3) is 96.3 Å². The van der Waals surface area contributed by atoms with E-state index < -0.39 is 12.1 Å². The van der Waals surface area contributed by atoms with Gasteiger partial charge in [0.1, 0.15) is 35.8 Å². The van der Waals surface area contributed by atoms with Crippen molar-refractivity contribution in [3.05, 3.63) is 395 Å². The Bertz CT molecular complexity index is 8090. The molecule has 19 rings (SSSR count). The number of hydrogen-bond acceptors (Lipinski definition) is 27. The maximum atomic E-state index is 14.0. The fourth-order valence-corrected chi connectivity index (χ4v) is 15.9. The van der Waals surface area contributed by atoms with E-state index in [1.807, 2.05) is 262 Å². The third-order valence-corrected chi connectivity index (χ3v) is 23.4. The van der Waals surface area contributed by atoms with Gasteiger partial charge in [-0.25, -0.2) is 59.3 Å². The molecular weight excluding hydrogens is 1800 g/mol. The Morgan fingerprint density at radius 3 is 1.11 bits per heavy atom. The van der Waals surface area contributed by atoms with Gasteiger partial charge < -0.3 is 62.6 Å². The fraction of sp³-hybridized carbons (Fsp3) is 0.163. The number of para-hydroxylation sites is 4. The molecule has 4 atom stereocenters. The van der Waals surface area contributed by atoms with Crippen LogP contribution >= 0.6 is 11.6 Å². The third-order valence-electron chi connectivity index (χ3n) is 23.1. The summed E-state index contributed by atoms with van der Waals surface area (Å²) in [6.07, 6.45) is 11.9. The Morgan fingerprint density at radius 1 is 0.411 bits per heavy atom. The molecule has 8 aromatic carbocycles. The number of aromatic nitrogens is 14. The minimum atomic E-state index is -0.401. The van der Waals surface area contributed by atoms with E-state index in [0.717, 1.165) is 49.5 Å². The van der Waals surface area contributed by atoms with Gasteiger partial charge in [-0.05, 0) is 173 Å². The van der Waals surface area contributed by atoms with Gasteiger partial charge in [0.05, 0.1) is 108 Å². The zero-order valence-electron chi connectivity index (χ0n) is 76.0. The van der Waals surface area contributed by atoms with E-state index in [1.165, 1.54) is 31.1 Å². The molecule has 0 saturated carbocycles. The molecule has 0 amide bonds. The van der Waals surface area contributed by atoms with E-state index in [-0.39, 0.29) is 120 Å². The molecule has 704 valence electrons. The molecule has 35 nitrogen and oxygen atoms in total. The molecule has 0 spiro atoms. The van der Waals surface area contributed by atoms with Crippen molar-refractivity contribution in [2.75, 3.05) is 44.2 Å². The molecule has 1 fully saturated rings. The van der Waals surface area contributed by atoms with Crippen LogP contribution in [0.3, 0.4) is 0 Å². The van der Waals surface area contributed by atoms with Gasteiger partial charge in [-0.3, -0.25) is 37.4 Å². The summed E-state index contributed by atoms with van der Waals surface area (Å²) >= 11 is 6.35. The van der Waals surface area contributed by atoms with Crippen LogP contribution in [0.4, 0.5) is 69.8 Å². The first-order chi connectivity index (χ1) is 67.1. The second-order valence-electron chi connectivity index (χ2n) is 32.7. The monoisotopic (exact) mass is 1900 g/mol. The number of fused-ring (bicyclic) bond motifs is 4. The average Bonchev–Trinajstić information content (AvgIpc) is 1.42. The standard InChI is InChI=1S/C25H19N7O2.C24H19N7O.C22H17ClN6O.C22H18N6O.C9H14BNO3.2CH4/c1-15(30-23-20(27-2)13-28-25(26)31-23)21-11-16-7-6-10-19(17-12-29-34-14-17)22(16)24(33)32(21)18-8-4-3-5-9-18;1-15(29-22-19(27-2)14-28-24(26)30-22)20-13-17-8-6-7-16(11-12-25)21(17)23(32)31(20)18-9-4-3-5-10-18;1-13(27-20-17(25-2)12-26-22(24)28-20)18-11-14-7-6-10-16(23)19(14)21(30)29(18)15-8-4-3-5-9-15;1-14(26-20-18(24-2)13-25-22(23)27-20)19-12-15-8-6-7-11-17(15)21(29)28(19)16-9-4-3-5-10-16;1-8(2)9(3,4)14-10(13-8)7-5-11-12-6-7;;/h3-15H,1H3,(H3,26,28,30,31);3-10,13-15H,11H2,1H3,(H3,26,28,29,30);3-13H,1H3,(H3,24,26,27,28);3-14H,1H3,(H3,23,25,26,27);5-6H,1-4H3;2*1H4/t2*15-;13-;14-;;;/m0000.../s1. The summed E-state index contributed by atoms with van der Waals surface area (Å²) in [6, 6.07) is 69.9. The number of anilines is 8. The van der Waals surface area contributed by atoms with Crippen LogP contribution in [0.1, 0.15) is 123 Å². The minimum absolute atomic E-state index is 0. The molecule has 12 N–H and O–H groups in total. The second-order valence-corrected chi connectivity index (χ2v) is 33.1. The summed E-state index contributed by atoms with van der Waals surface area (Å²) < 4.78 is 27.9. The first-order valence-corrected chi connectivity index (χ1v) is 43.6. The van der Waals surface area contributed by atoms with Crippen molar-refractivity contribution in [1.29, 1.82) is 5.26 Å². The summed E-state index contributed by atoms with van der Waals surface area (Å²) in [4.78, 5) is 100. The number of nitriles is 1. The van der Waals surface area contributed by atoms with Crippen molar-refractivity contribution in [1.82, 2.24) is 68.5 Å². The van der Waals surface area contributed by atoms with Crippen molar-refractivity contribution in [2.24, 2.45) is 0 Å². The number of nitrogens with one attached hydrogen (secondary N) is 4. The molecule has 1 aliphatic heterocycles. The van der Waals surface area contributed by atoms with Gasteiger partial charge in [0.2, 0.25) is 46.5 Å². The third kappa shape index (κ3) is 21.7. The molecular formula is C104H95BClN27O8. The molecule has 37 heteroatoms. The molecule has 0 bridgehead atoms. The van der Waals surface area contributed by atoms with Gasteiger partial charge in [-0.15, -0.1) is 0 Å². The zero-order valence-corrected chi connectivity index (χ0v) is 76.8. The SMILES string of the molecule is C.C.CC1(C)OB(c2cnoc2)OC1(C)C.[C-]#[N+]c1cnc(N)nc1N[C@@H](C)c1cc2cccc(-c3cnoc3)c2c(=O)n1-c1ccccc1.[C-]#[N+]c1cnc(N)nc1N[C@@H](C)c1cc2cccc(CC#N)c2c(=O)n1-c1ccccc1.[C-]#[N+]c1cnc(N)nc1N[C@@H](C)c1cc2cccc(Cl)c2c(=O)n1-c1ccccc1.[C-]#[N+]c1cnc(N)nc1N[C@@H](C)c1cc2ccccc2c(=O)n1-c1ccccc1. The molecule has 1 aliphatic rings. The highest BCUT2D eigenvalue weighted by atomic mass is 35.5. The van der Waals surface area contributed by atoms with E-state index in [0.29, 0.717) is 89.5 Å². The smallest absolute Gasteiger partial charge is 0.399 e. The van der Waals surface area contributed by atoms with E-state index in [9.17, 15) is 24.4 Å². The number of nitrogens with zero attached hydrogens (tertiary/aromatic N) is 19. The van der Waals surface area contributed by atoms with Crippen molar-refractivity contribution in [2.45, 2.75) is 112 Å². The van der Waals surface area contributed by atoms with Crippen molar-refractivity contribution < 1.29 is 18.4 Å². The number of halogens is 1. The molecule has 0 unspecified atom stereocenters. The van der Waals surface area contributed by atoms with Crippen LogP contribution in [0.5, 0.6) is 0 Å². The lowest BCUT2D eigenvalue weighted by atomic mass is 9.82. The predicted molar refractivity (Wildman–Crippen MR) is 553 cm³/mol. The van der Waals surface area contributed by atoms with Gasteiger partial charge >= 0.3 is 7.12 Å². The van der Waals surface area contributed by atoms with Crippen LogP contribution in [0, 0.1) is 37.6 Å². The summed E-state index contributed by atoms with van der Waals surface area (Å²) in [5.74, 6) is 1.48. The quantitative estimate of drug-likeness (QED) is 0.0275. The molecule has 11 heterocycles. The van der Waals surface area contributed by atoms with Crippen molar-refractivity contribution >= 4 is 137 Å². The lowest BCUT2D eigenvalue weighted by Gasteiger charge is -2.32. The molecule has 0 radical (unpaired) electrons. The average molecular weight is 1900 g/mol. The van der Waals surface area contributed by atoms with Crippen LogP contribution in [-0.2, 0) is 15.7 Å². The Labute approximate surface area is 815 Å². The van der Waals surface area contributed by atoms with Gasteiger partial charge in [0.15, 0.2) is 0 Å². The van der Waals surface area contributed by atoms with Crippen LogP contribution in [0.15, 0.2) is 302 Å². The number of benzene rings is 8. The highest BCUT2D eigenvalue weighted by molar-refractivity contribution is 6.61. The highest BCUT2D eigenvalue weighted by Gasteiger charge is 2.52. The molecule has 0 aliphatic carbocycles. The Kier molecular flexibility index (Phi) is 31.1. The predicted octanol–water partition coefficient (Wildman–Crippen LogP) is 20.0. The topological polar surface area (TPSA) is 455 Å². The largest absolute Gasteiger partial charge is 0.499 e. The molecule has 1 saturated heterocycles. The van der Waals surface area contributed by atoms with Gasteiger partial charge in [-0.1, -0.05) is 176 Å². The van der Waals surface area contributed by atoms with E-state index in [4.69, 9.17) is 79.2 Å². The number of pyridine rings is 4. The van der Waals surface area contributed by atoms with Crippen molar-refractivity contribution in [3.63, 3.8) is 0 Å². The number of hydrogen-bond donors (Lipinski definition) is 8. The maximum absolute atomic E-state index is 14.0. The minimum Gasteiger partial charge on any atom is -0.399 e. The van der Waals surface area contributed by atoms with Crippen molar-refractivity contribution in [3.8, 4) is 39.9 Å². The Hall–Kier alpha value is -18.5. The van der Waals surface area contributed by atoms with Gasteiger partial charge in [0.25, 0.3) is 22.2 Å². The maximum Gasteiger partial charge on any atom is 0.499 e. The lowest BCUT2D eigenvalue weighted by Crippen LogP contribution is -2.41.